The molecule has 10 nitrogen and oxygen atoms in total. The normalized spacial score (nSPS) is 13.3. The summed E-state index contributed by atoms with van der Waals surface area (Å²) in [5.41, 5.74) is 2.59. The maximum Gasteiger partial charge on any atom is 0.148 e. The van der Waals surface area contributed by atoms with Crippen LogP contribution in [0.15, 0.2) is 42.9 Å². The van der Waals surface area contributed by atoms with Gasteiger partial charge in [-0.2, -0.15) is 15.6 Å². The highest BCUT2D eigenvalue weighted by atomic mass is 19.1. The number of aromatic nitrogens is 6. The number of anilines is 1. The van der Waals surface area contributed by atoms with E-state index in [2.05, 4.69) is 37.8 Å². The van der Waals surface area contributed by atoms with Crippen LogP contribution >= 0.6 is 0 Å². The number of alkyl halides is 1. The molecule has 0 aliphatic rings. The van der Waals surface area contributed by atoms with Gasteiger partial charge in [-0.3, -0.25) is 4.98 Å². The van der Waals surface area contributed by atoms with Gasteiger partial charge in [0.15, 0.2) is 0 Å². The molecule has 4 aromatic rings. The second kappa shape index (κ2) is 8.89. The fraction of sp³-hybridized carbons (Fsp3) is 0.304. The molecule has 172 valence electrons. The van der Waals surface area contributed by atoms with E-state index in [-0.39, 0.29) is 6.54 Å². The van der Waals surface area contributed by atoms with Gasteiger partial charge in [0.2, 0.25) is 0 Å². The van der Waals surface area contributed by atoms with Crippen molar-refractivity contribution >= 4 is 11.2 Å². The summed E-state index contributed by atoms with van der Waals surface area (Å²) < 4.78 is 17.3. The van der Waals surface area contributed by atoms with Gasteiger partial charge in [0.25, 0.3) is 0 Å². The van der Waals surface area contributed by atoms with Crippen molar-refractivity contribution in [1.29, 1.82) is 10.5 Å². The molecular formula is C23H22FN9O. The first kappa shape index (κ1) is 22.8. The van der Waals surface area contributed by atoms with Crippen LogP contribution in [0.2, 0.25) is 0 Å². The van der Waals surface area contributed by atoms with E-state index in [0.29, 0.717) is 33.9 Å². The Morgan fingerprint density at radius 2 is 2.00 bits per heavy atom. The third kappa shape index (κ3) is 4.56. The molecule has 0 amide bonds. The monoisotopic (exact) mass is 459 g/mol. The first-order chi connectivity index (χ1) is 16.2. The number of hydrogen-bond donors (Lipinski definition) is 2. The Morgan fingerprint density at radius 1 is 1.21 bits per heavy atom. The molecule has 0 aromatic carbocycles. The minimum absolute atomic E-state index is 0.161. The van der Waals surface area contributed by atoms with E-state index >= 15 is 0 Å². The maximum atomic E-state index is 14.3. The molecule has 11 heteroatoms. The molecule has 4 rings (SSSR count). The van der Waals surface area contributed by atoms with Crippen LogP contribution in [0.25, 0.3) is 28.2 Å². The molecule has 0 aliphatic carbocycles. The lowest BCUT2D eigenvalue weighted by Crippen LogP contribution is -2.35. The molecule has 0 saturated heterocycles. The smallest absolute Gasteiger partial charge is 0.148 e. The molecule has 4 aromatic heterocycles. The van der Waals surface area contributed by atoms with Crippen molar-refractivity contribution in [3.05, 3.63) is 48.4 Å². The summed E-state index contributed by atoms with van der Waals surface area (Å²) in [7, 11) is 0. The third-order valence-corrected chi connectivity index (χ3v) is 5.29. The molecule has 2 atom stereocenters. The van der Waals surface area contributed by atoms with Crippen LogP contribution in [0.1, 0.15) is 26.3 Å². The fourth-order valence-electron chi connectivity index (χ4n) is 3.34. The summed E-state index contributed by atoms with van der Waals surface area (Å²) in [5, 5.41) is 43.8. The van der Waals surface area contributed by atoms with Gasteiger partial charge in [0.05, 0.1) is 53.1 Å². The van der Waals surface area contributed by atoms with E-state index in [1.807, 2.05) is 12.1 Å². The third-order valence-electron chi connectivity index (χ3n) is 5.29. The summed E-state index contributed by atoms with van der Waals surface area (Å²) in [6.45, 7) is 4.34. The number of pyridine rings is 1. The quantitative estimate of drug-likeness (QED) is 0.430. The Kier molecular flexibility index (Phi) is 5.97. The topological polar surface area (TPSA) is 141 Å². The highest BCUT2D eigenvalue weighted by molar-refractivity contribution is 5.79. The zero-order valence-corrected chi connectivity index (χ0v) is 18.8. The maximum absolute atomic E-state index is 14.3. The van der Waals surface area contributed by atoms with Crippen molar-refractivity contribution in [3.8, 4) is 34.8 Å². The highest BCUT2D eigenvalue weighted by Gasteiger charge is 2.27. The number of fused-ring (bicyclic) bond motifs is 1. The van der Waals surface area contributed by atoms with Crippen molar-refractivity contribution in [1.82, 2.24) is 29.6 Å². The Morgan fingerprint density at radius 3 is 2.71 bits per heavy atom. The van der Waals surface area contributed by atoms with Gasteiger partial charge in [-0.25, -0.2) is 13.6 Å². The summed E-state index contributed by atoms with van der Waals surface area (Å²) >= 11 is 0. The standard InChI is InChI=1S/C23H22FN9O/c1-14(8-25)29-18-7-19(21-5-4-16-6-15(9-26)10-28-33(16)21)27-11-17(18)20-12-32(31-30-20)13-22(24)23(2,3)34/h4-7,10-12,14,22,34H,13H2,1-3H3,(H,27,29)/t14-,22?/m1/s1. The number of halogens is 1. The lowest BCUT2D eigenvalue weighted by Gasteiger charge is -2.21. The molecule has 2 N–H and O–H groups in total. The minimum Gasteiger partial charge on any atom is -0.387 e. The van der Waals surface area contributed by atoms with Gasteiger partial charge in [-0.15, -0.1) is 5.10 Å². The zero-order chi connectivity index (χ0) is 24.5. The van der Waals surface area contributed by atoms with Crippen molar-refractivity contribution in [2.45, 2.75) is 45.1 Å². The van der Waals surface area contributed by atoms with E-state index in [9.17, 15) is 14.8 Å². The number of rotatable bonds is 7. The molecule has 0 bridgehead atoms. The van der Waals surface area contributed by atoms with Gasteiger partial charge >= 0.3 is 0 Å². The molecule has 0 spiro atoms. The fourth-order valence-corrected chi connectivity index (χ4v) is 3.34. The van der Waals surface area contributed by atoms with Crippen LogP contribution in [0.4, 0.5) is 10.1 Å². The number of hydrogen-bond acceptors (Lipinski definition) is 8. The Balaban J connectivity index is 1.73. The van der Waals surface area contributed by atoms with Gasteiger partial charge in [0.1, 0.15) is 24.0 Å². The van der Waals surface area contributed by atoms with Crippen LogP contribution < -0.4 is 5.32 Å². The predicted molar refractivity (Wildman–Crippen MR) is 122 cm³/mol. The summed E-state index contributed by atoms with van der Waals surface area (Å²) in [5.74, 6) is 0. The molecule has 1 unspecified atom stereocenters. The number of nitrogens with zero attached hydrogens (tertiary/aromatic N) is 8. The summed E-state index contributed by atoms with van der Waals surface area (Å²) in [6.07, 6.45) is 3.11. The Labute approximate surface area is 194 Å². The van der Waals surface area contributed by atoms with Crippen LogP contribution in [-0.2, 0) is 6.54 Å². The SMILES string of the molecule is C[C@H](C#N)Nc1cc(-c2ccc3cc(C#N)cnn23)ncc1-c1cn(CC(F)C(C)(C)O)nn1. The van der Waals surface area contributed by atoms with E-state index in [1.165, 1.54) is 24.7 Å². The predicted octanol–water partition coefficient (Wildman–Crippen LogP) is 2.96. The van der Waals surface area contributed by atoms with Crippen molar-refractivity contribution in [2.75, 3.05) is 5.32 Å². The van der Waals surface area contributed by atoms with Crippen molar-refractivity contribution in [2.24, 2.45) is 0 Å². The van der Waals surface area contributed by atoms with Crippen molar-refractivity contribution < 1.29 is 9.50 Å². The number of nitriles is 2. The highest BCUT2D eigenvalue weighted by Crippen LogP contribution is 2.31. The number of nitrogens with one attached hydrogen (secondary N) is 1. The van der Waals surface area contributed by atoms with Gasteiger partial charge < -0.3 is 10.4 Å². The van der Waals surface area contributed by atoms with Crippen LogP contribution in [-0.4, -0.2) is 52.5 Å². The average molecular weight is 459 g/mol. The van der Waals surface area contributed by atoms with E-state index in [0.717, 1.165) is 5.52 Å². The number of aliphatic hydroxyl groups is 1. The summed E-state index contributed by atoms with van der Waals surface area (Å²) in [6, 6.07) is 10.9. The minimum atomic E-state index is -1.53. The first-order valence-corrected chi connectivity index (χ1v) is 10.5. The molecular weight excluding hydrogens is 437 g/mol. The van der Waals surface area contributed by atoms with Crippen molar-refractivity contribution in [3.63, 3.8) is 0 Å². The molecule has 0 saturated carbocycles. The van der Waals surface area contributed by atoms with Gasteiger partial charge in [-0.1, -0.05) is 5.21 Å². The average Bonchev–Trinajstić information content (AvgIpc) is 3.44. The molecule has 4 heterocycles. The van der Waals surface area contributed by atoms with Crippen LogP contribution in [0.5, 0.6) is 0 Å². The zero-order valence-electron chi connectivity index (χ0n) is 18.8. The lowest BCUT2D eigenvalue weighted by molar-refractivity contribution is -0.0120. The van der Waals surface area contributed by atoms with E-state index in [4.69, 9.17) is 5.26 Å². The second-order valence-corrected chi connectivity index (χ2v) is 8.47. The summed E-state index contributed by atoms with van der Waals surface area (Å²) in [4.78, 5) is 4.55. The van der Waals surface area contributed by atoms with E-state index < -0.39 is 17.8 Å². The molecule has 0 fully saturated rings. The largest absolute Gasteiger partial charge is 0.387 e. The molecule has 0 radical (unpaired) electrons. The second-order valence-electron chi connectivity index (χ2n) is 8.47. The Bertz CT molecular complexity index is 1420. The lowest BCUT2D eigenvalue weighted by atomic mass is 10.0. The van der Waals surface area contributed by atoms with Crippen LogP contribution in [0, 0.1) is 22.7 Å². The molecule has 0 aliphatic heterocycles. The molecule has 34 heavy (non-hydrogen) atoms. The van der Waals surface area contributed by atoms with Gasteiger partial charge in [-0.05, 0) is 45.0 Å². The Hall–Kier alpha value is -4.35. The van der Waals surface area contributed by atoms with Crippen LogP contribution in [0.3, 0.4) is 0 Å². The van der Waals surface area contributed by atoms with Gasteiger partial charge in [0, 0.05) is 17.4 Å². The van der Waals surface area contributed by atoms with E-state index in [1.54, 1.807) is 36.0 Å². The first-order valence-electron chi connectivity index (χ1n) is 10.5.